The Kier molecular flexibility index (Phi) is 8.89. The van der Waals surface area contributed by atoms with Crippen molar-refractivity contribution in [2.24, 2.45) is 17.8 Å². The van der Waals surface area contributed by atoms with Crippen LogP contribution in [0.5, 0.6) is 0 Å². The molecule has 0 saturated carbocycles. The summed E-state index contributed by atoms with van der Waals surface area (Å²) in [4.78, 5) is 4.78. The van der Waals surface area contributed by atoms with Gasteiger partial charge in [-0.05, 0) is 64.8 Å². The molecule has 0 aliphatic rings. The normalized spacial score (nSPS) is 15.9. The van der Waals surface area contributed by atoms with E-state index in [1.54, 1.807) is 0 Å². The fourth-order valence-corrected chi connectivity index (χ4v) is 2.05. The first-order valence-electron chi connectivity index (χ1n) is 7.16. The lowest BCUT2D eigenvalue weighted by molar-refractivity contribution is 0.230. The van der Waals surface area contributed by atoms with Crippen LogP contribution in [0.3, 0.4) is 0 Å². The fraction of sp³-hybridized carbons (Fsp3) is 1.00. The molecule has 2 atom stereocenters. The van der Waals surface area contributed by atoms with Crippen LogP contribution in [0.25, 0.3) is 0 Å². The van der Waals surface area contributed by atoms with Gasteiger partial charge in [0, 0.05) is 6.54 Å². The zero-order chi connectivity index (χ0) is 13.4. The molecule has 0 radical (unpaired) electrons. The SMILES string of the molecule is CC(C)CCN(C)CCC(C)C(C)CN(C)C. The summed E-state index contributed by atoms with van der Waals surface area (Å²) in [6, 6.07) is 0. The maximum atomic E-state index is 2.48. The van der Waals surface area contributed by atoms with Gasteiger partial charge in [0.15, 0.2) is 0 Å². The molecule has 0 aliphatic carbocycles. The summed E-state index contributed by atoms with van der Waals surface area (Å²) < 4.78 is 0. The molecule has 0 bridgehead atoms. The smallest absolute Gasteiger partial charge is 0.000347 e. The zero-order valence-corrected chi connectivity index (χ0v) is 13.2. The molecule has 0 aromatic heterocycles. The van der Waals surface area contributed by atoms with Gasteiger partial charge in [-0.3, -0.25) is 0 Å². The van der Waals surface area contributed by atoms with Crippen LogP contribution in [-0.2, 0) is 0 Å². The molecule has 0 aromatic carbocycles. The highest BCUT2D eigenvalue weighted by molar-refractivity contribution is 4.66. The zero-order valence-electron chi connectivity index (χ0n) is 13.2. The average molecular weight is 242 g/mol. The van der Waals surface area contributed by atoms with E-state index in [9.17, 15) is 0 Å². The van der Waals surface area contributed by atoms with Crippen molar-refractivity contribution in [2.75, 3.05) is 40.8 Å². The summed E-state index contributed by atoms with van der Waals surface area (Å²) in [7, 11) is 6.58. The van der Waals surface area contributed by atoms with E-state index in [2.05, 4.69) is 58.6 Å². The van der Waals surface area contributed by atoms with Crippen molar-refractivity contribution >= 4 is 0 Å². The predicted molar refractivity (Wildman–Crippen MR) is 78.5 cm³/mol. The third-order valence-corrected chi connectivity index (χ3v) is 3.68. The Hall–Kier alpha value is -0.0800. The summed E-state index contributed by atoms with van der Waals surface area (Å²) in [6.45, 7) is 13.1. The summed E-state index contributed by atoms with van der Waals surface area (Å²) in [5.74, 6) is 2.44. The van der Waals surface area contributed by atoms with E-state index in [4.69, 9.17) is 0 Å². The highest BCUT2D eigenvalue weighted by Crippen LogP contribution is 2.16. The number of rotatable bonds is 9. The molecule has 2 nitrogen and oxygen atoms in total. The second-order valence-electron chi connectivity index (χ2n) is 6.49. The van der Waals surface area contributed by atoms with Gasteiger partial charge in [0.25, 0.3) is 0 Å². The van der Waals surface area contributed by atoms with Crippen LogP contribution in [-0.4, -0.2) is 50.6 Å². The topological polar surface area (TPSA) is 6.48 Å². The Morgan fingerprint density at radius 1 is 0.765 bits per heavy atom. The Balaban J connectivity index is 3.71. The van der Waals surface area contributed by atoms with Crippen LogP contribution in [0.15, 0.2) is 0 Å². The van der Waals surface area contributed by atoms with Gasteiger partial charge >= 0.3 is 0 Å². The van der Waals surface area contributed by atoms with Crippen molar-refractivity contribution in [2.45, 2.75) is 40.5 Å². The molecule has 0 amide bonds. The van der Waals surface area contributed by atoms with Crippen LogP contribution in [0.2, 0.25) is 0 Å². The standard InChI is InChI=1S/C15H34N2/c1-13(2)8-10-17(7)11-9-14(3)15(4)12-16(5)6/h13-15H,8-12H2,1-7H3. The highest BCUT2D eigenvalue weighted by atomic mass is 15.1. The first-order valence-corrected chi connectivity index (χ1v) is 7.16. The number of nitrogens with zero attached hydrogens (tertiary/aromatic N) is 2. The maximum absolute atomic E-state index is 2.48. The van der Waals surface area contributed by atoms with Crippen molar-refractivity contribution in [3.8, 4) is 0 Å². The average Bonchev–Trinajstić information content (AvgIpc) is 2.21. The lowest BCUT2D eigenvalue weighted by atomic mass is 9.92. The quantitative estimate of drug-likeness (QED) is 0.613. The minimum Gasteiger partial charge on any atom is -0.309 e. The van der Waals surface area contributed by atoms with Gasteiger partial charge in [0.1, 0.15) is 0 Å². The van der Waals surface area contributed by atoms with E-state index >= 15 is 0 Å². The largest absolute Gasteiger partial charge is 0.309 e. The third-order valence-electron chi connectivity index (χ3n) is 3.68. The minimum absolute atomic E-state index is 0.795. The summed E-state index contributed by atoms with van der Waals surface area (Å²) in [5, 5.41) is 0. The van der Waals surface area contributed by atoms with E-state index in [0.29, 0.717) is 0 Å². The molecule has 2 heteroatoms. The summed E-state index contributed by atoms with van der Waals surface area (Å²) in [6.07, 6.45) is 2.64. The molecule has 0 saturated heterocycles. The van der Waals surface area contributed by atoms with Gasteiger partial charge in [0.05, 0.1) is 0 Å². The van der Waals surface area contributed by atoms with E-state index in [-0.39, 0.29) is 0 Å². The van der Waals surface area contributed by atoms with Crippen LogP contribution in [0.4, 0.5) is 0 Å². The number of hydrogen-bond acceptors (Lipinski definition) is 2. The lowest BCUT2D eigenvalue weighted by Crippen LogP contribution is -2.28. The van der Waals surface area contributed by atoms with Crippen molar-refractivity contribution in [3.05, 3.63) is 0 Å². The molecule has 0 aliphatic heterocycles. The maximum Gasteiger partial charge on any atom is 0.000347 e. The molecule has 104 valence electrons. The molecule has 0 aromatic rings. The van der Waals surface area contributed by atoms with Crippen molar-refractivity contribution in [3.63, 3.8) is 0 Å². The molecule has 17 heavy (non-hydrogen) atoms. The van der Waals surface area contributed by atoms with Crippen LogP contribution < -0.4 is 0 Å². The molecular formula is C15H34N2. The van der Waals surface area contributed by atoms with E-state index in [1.807, 2.05) is 0 Å². The van der Waals surface area contributed by atoms with Crippen LogP contribution in [0, 0.1) is 17.8 Å². The lowest BCUT2D eigenvalue weighted by Gasteiger charge is -2.25. The third kappa shape index (κ3) is 9.61. The summed E-state index contributed by atoms with van der Waals surface area (Å²) >= 11 is 0. The van der Waals surface area contributed by atoms with Gasteiger partial charge in [-0.1, -0.05) is 27.7 Å². The van der Waals surface area contributed by atoms with Crippen molar-refractivity contribution in [1.82, 2.24) is 9.80 Å². The molecule has 0 rings (SSSR count). The van der Waals surface area contributed by atoms with E-state index < -0.39 is 0 Å². The first kappa shape index (κ1) is 16.9. The molecule has 0 spiro atoms. The van der Waals surface area contributed by atoms with Crippen LogP contribution in [0.1, 0.15) is 40.5 Å². The summed E-state index contributed by atoms with van der Waals surface area (Å²) in [5.41, 5.74) is 0. The first-order chi connectivity index (χ1) is 7.82. The van der Waals surface area contributed by atoms with Gasteiger partial charge in [0.2, 0.25) is 0 Å². The van der Waals surface area contributed by atoms with Gasteiger partial charge in [-0.2, -0.15) is 0 Å². The fourth-order valence-electron chi connectivity index (χ4n) is 2.05. The Morgan fingerprint density at radius 2 is 1.29 bits per heavy atom. The van der Waals surface area contributed by atoms with Crippen molar-refractivity contribution < 1.29 is 0 Å². The van der Waals surface area contributed by atoms with Gasteiger partial charge < -0.3 is 9.80 Å². The molecule has 0 N–H and O–H groups in total. The molecular weight excluding hydrogens is 208 g/mol. The Morgan fingerprint density at radius 3 is 1.76 bits per heavy atom. The van der Waals surface area contributed by atoms with E-state index in [0.717, 1.165) is 17.8 Å². The second-order valence-corrected chi connectivity index (χ2v) is 6.49. The van der Waals surface area contributed by atoms with Crippen molar-refractivity contribution in [1.29, 1.82) is 0 Å². The highest BCUT2D eigenvalue weighted by Gasteiger charge is 2.13. The number of hydrogen-bond donors (Lipinski definition) is 0. The Labute approximate surface area is 109 Å². The Bertz CT molecular complexity index is 178. The second kappa shape index (κ2) is 8.93. The molecule has 2 unspecified atom stereocenters. The molecule has 0 fully saturated rings. The van der Waals surface area contributed by atoms with E-state index in [1.165, 1.54) is 32.5 Å². The molecule has 0 heterocycles. The minimum atomic E-state index is 0.795. The van der Waals surface area contributed by atoms with Gasteiger partial charge in [-0.15, -0.1) is 0 Å². The monoisotopic (exact) mass is 242 g/mol. The predicted octanol–water partition coefficient (Wildman–Crippen LogP) is 3.19. The van der Waals surface area contributed by atoms with Crippen LogP contribution >= 0.6 is 0 Å². The van der Waals surface area contributed by atoms with Gasteiger partial charge in [-0.25, -0.2) is 0 Å².